The van der Waals surface area contributed by atoms with Crippen molar-refractivity contribution in [3.63, 3.8) is 0 Å². The molecule has 27 heavy (non-hydrogen) atoms. The van der Waals surface area contributed by atoms with Gasteiger partial charge in [0.2, 0.25) is 0 Å². The van der Waals surface area contributed by atoms with Crippen LogP contribution in [0.3, 0.4) is 0 Å². The van der Waals surface area contributed by atoms with Gasteiger partial charge in [-0.05, 0) is 28.1 Å². The maximum atomic E-state index is 13.2. The van der Waals surface area contributed by atoms with Gasteiger partial charge in [0.25, 0.3) is 5.91 Å². The van der Waals surface area contributed by atoms with E-state index in [9.17, 15) is 19.1 Å². The minimum absolute atomic E-state index is 0.219. The van der Waals surface area contributed by atoms with Crippen molar-refractivity contribution in [1.29, 1.82) is 0 Å². The van der Waals surface area contributed by atoms with Crippen molar-refractivity contribution in [2.24, 2.45) is 0 Å². The standard InChI is InChI=1S/C17H17Cl2FN2O4S/c18-15(19)16(24)22-13(6-20)14(23)10-3-1-9(2-4-10)11-5-12(27-8-11)7-21-17(25)26/h1-5,8,13-15,21,23H,6-7H2,(H,22,24)(H,25,26)/t13-,14-/m1/s1. The molecule has 0 spiro atoms. The fraction of sp³-hybridized carbons (Fsp3) is 0.294. The van der Waals surface area contributed by atoms with Gasteiger partial charge >= 0.3 is 6.09 Å². The fourth-order valence-electron chi connectivity index (χ4n) is 2.34. The summed E-state index contributed by atoms with van der Waals surface area (Å²) in [7, 11) is 0. The van der Waals surface area contributed by atoms with Gasteiger partial charge in [-0.3, -0.25) is 4.79 Å². The molecule has 0 unspecified atom stereocenters. The summed E-state index contributed by atoms with van der Waals surface area (Å²) in [6.45, 7) is -0.767. The number of hydrogen-bond donors (Lipinski definition) is 4. The monoisotopic (exact) mass is 434 g/mol. The lowest BCUT2D eigenvalue weighted by Gasteiger charge is -2.22. The number of carboxylic acid groups (broad SMARTS) is 1. The highest BCUT2D eigenvalue weighted by Crippen LogP contribution is 2.28. The van der Waals surface area contributed by atoms with E-state index >= 15 is 0 Å². The first kappa shape index (κ1) is 21.4. The number of benzene rings is 1. The first-order valence-electron chi connectivity index (χ1n) is 7.79. The molecule has 146 valence electrons. The first-order valence-corrected chi connectivity index (χ1v) is 9.54. The summed E-state index contributed by atoms with van der Waals surface area (Å²) in [5.41, 5.74) is 2.17. The molecule has 2 atom stereocenters. The fourth-order valence-corrected chi connectivity index (χ4v) is 3.30. The molecule has 0 aliphatic heterocycles. The minimum Gasteiger partial charge on any atom is -0.465 e. The van der Waals surface area contributed by atoms with Crippen molar-refractivity contribution < 1.29 is 24.2 Å². The Hall–Kier alpha value is -1.87. The number of nitrogens with one attached hydrogen (secondary N) is 2. The maximum absolute atomic E-state index is 13.2. The van der Waals surface area contributed by atoms with E-state index < -0.39 is 35.7 Å². The Bertz CT molecular complexity index is 785. The summed E-state index contributed by atoms with van der Waals surface area (Å²) in [6, 6.07) is 7.44. The average molecular weight is 435 g/mol. The first-order chi connectivity index (χ1) is 12.8. The van der Waals surface area contributed by atoms with E-state index in [1.807, 2.05) is 11.4 Å². The van der Waals surface area contributed by atoms with Crippen molar-refractivity contribution in [2.75, 3.05) is 6.67 Å². The predicted molar refractivity (Wildman–Crippen MR) is 103 cm³/mol. The smallest absolute Gasteiger partial charge is 0.404 e. The van der Waals surface area contributed by atoms with Crippen LogP contribution in [0.5, 0.6) is 0 Å². The zero-order valence-electron chi connectivity index (χ0n) is 13.9. The molecule has 0 aliphatic carbocycles. The Morgan fingerprint density at radius 2 is 1.85 bits per heavy atom. The lowest BCUT2D eigenvalue weighted by molar-refractivity contribution is -0.121. The number of aliphatic hydroxyl groups excluding tert-OH is 1. The van der Waals surface area contributed by atoms with Crippen LogP contribution in [0.15, 0.2) is 35.7 Å². The third-order valence-corrected chi connectivity index (χ3v) is 5.06. The Balaban J connectivity index is 2.07. The number of rotatable bonds is 8. The second-order valence-corrected chi connectivity index (χ2v) is 7.69. The molecular formula is C17H17Cl2FN2O4S. The summed E-state index contributed by atoms with van der Waals surface area (Å²) >= 11 is 12.3. The molecule has 4 N–H and O–H groups in total. The molecule has 0 radical (unpaired) electrons. The number of carbonyl (C=O) groups is 2. The molecule has 0 aliphatic rings. The van der Waals surface area contributed by atoms with Gasteiger partial charge in [-0.25, -0.2) is 9.18 Å². The quantitative estimate of drug-likeness (QED) is 0.478. The summed E-state index contributed by atoms with van der Waals surface area (Å²) < 4.78 is 13.2. The average Bonchev–Trinajstić information content (AvgIpc) is 3.12. The topological polar surface area (TPSA) is 98.7 Å². The molecule has 6 nitrogen and oxygen atoms in total. The molecule has 0 fully saturated rings. The largest absolute Gasteiger partial charge is 0.465 e. The molecule has 0 bridgehead atoms. The SMILES string of the molecule is O=C(O)NCc1cc(-c2ccc([C@@H](O)[C@@H](CF)NC(=O)C(Cl)Cl)cc2)cs1. The van der Waals surface area contributed by atoms with Crippen LogP contribution in [-0.2, 0) is 11.3 Å². The number of hydrogen-bond acceptors (Lipinski definition) is 4. The zero-order valence-corrected chi connectivity index (χ0v) is 16.2. The highest BCUT2D eigenvalue weighted by atomic mass is 35.5. The lowest BCUT2D eigenvalue weighted by atomic mass is 10.00. The minimum atomic E-state index is -1.35. The van der Waals surface area contributed by atoms with E-state index in [0.717, 1.165) is 16.0 Å². The van der Waals surface area contributed by atoms with Crippen LogP contribution in [0, 0.1) is 0 Å². The molecule has 1 aromatic carbocycles. The number of aliphatic hydroxyl groups is 1. The van der Waals surface area contributed by atoms with Gasteiger partial charge in [-0.1, -0.05) is 47.5 Å². The Morgan fingerprint density at radius 3 is 2.41 bits per heavy atom. The van der Waals surface area contributed by atoms with Crippen LogP contribution in [0.2, 0.25) is 0 Å². The predicted octanol–water partition coefficient (Wildman–Crippen LogP) is 3.47. The van der Waals surface area contributed by atoms with Crippen molar-refractivity contribution in [3.8, 4) is 11.1 Å². The molecule has 0 saturated carbocycles. The van der Waals surface area contributed by atoms with Gasteiger partial charge in [0.1, 0.15) is 12.8 Å². The summed E-state index contributed by atoms with van der Waals surface area (Å²) in [5, 5.41) is 25.4. The van der Waals surface area contributed by atoms with Crippen LogP contribution in [0.1, 0.15) is 16.5 Å². The lowest BCUT2D eigenvalue weighted by Crippen LogP contribution is -2.43. The Kier molecular flexibility index (Phi) is 7.85. The molecule has 0 saturated heterocycles. The molecule has 10 heteroatoms. The van der Waals surface area contributed by atoms with Gasteiger partial charge in [0.15, 0.2) is 4.84 Å². The molecule has 2 amide bonds. The van der Waals surface area contributed by atoms with E-state index in [1.54, 1.807) is 24.3 Å². The summed E-state index contributed by atoms with van der Waals surface area (Å²) in [4.78, 5) is 21.5. The molecule has 1 heterocycles. The third kappa shape index (κ3) is 6.07. The van der Waals surface area contributed by atoms with Gasteiger partial charge in [-0.2, -0.15) is 0 Å². The van der Waals surface area contributed by atoms with Crippen LogP contribution in [0.25, 0.3) is 11.1 Å². The van der Waals surface area contributed by atoms with Gasteiger partial charge in [-0.15, -0.1) is 11.3 Å². The van der Waals surface area contributed by atoms with Crippen LogP contribution in [-0.4, -0.2) is 39.8 Å². The number of amides is 2. The molecular weight excluding hydrogens is 418 g/mol. The number of carbonyl (C=O) groups excluding carboxylic acids is 1. The molecule has 1 aromatic heterocycles. The molecule has 2 rings (SSSR count). The van der Waals surface area contributed by atoms with Crippen molar-refractivity contribution >= 4 is 46.5 Å². The van der Waals surface area contributed by atoms with Gasteiger partial charge in [0.05, 0.1) is 12.6 Å². The number of thiophene rings is 1. The summed E-state index contributed by atoms with van der Waals surface area (Å²) in [5.74, 6) is -0.780. The van der Waals surface area contributed by atoms with Crippen molar-refractivity contribution in [2.45, 2.75) is 23.5 Å². The van der Waals surface area contributed by atoms with Crippen molar-refractivity contribution in [3.05, 3.63) is 46.2 Å². The third-order valence-electron chi connectivity index (χ3n) is 3.73. The normalized spacial score (nSPS) is 13.2. The van der Waals surface area contributed by atoms with Crippen LogP contribution in [0.4, 0.5) is 9.18 Å². The van der Waals surface area contributed by atoms with E-state index in [4.69, 9.17) is 28.3 Å². The highest BCUT2D eigenvalue weighted by Gasteiger charge is 2.25. The van der Waals surface area contributed by atoms with Gasteiger partial charge in [0, 0.05) is 4.88 Å². The highest BCUT2D eigenvalue weighted by molar-refractivity contribution is 7.10. The molecule has 2 aromatic rings. The van der Waals surface area contributed by atoms with Gasteiger partial charge < -0.3 is 20.8 Å². The Morgan fingerprint density at radius 1 is 1.19 bits per heavy atom. The number of halogens is 3. The Labute approximate surface area is 168 Å². The number of alkyl halides is 3. The van der Waals surface area contributed by atoms with E-state index in [2.05, 4.69) is 10.6 Å². The second kappa shape index (κ2) is 9.89. The van der Waals surface area contributed by atoms with Crippen LogP contribution < -0.4 is 10.6 Å². The van der Waals surface area contributed by atoms with E-state index in [1.165, 1.54) is 11.3 Å². The van der Waals surface area contributed by atoms with E-state index in [0.29, 0.717) is 5.56 Å². The van der Waals surface area contributed by atoms with Crippen LogP contribution >= 0.6 is 34.5 Å². The summed E-state index contributed by atoms with van der Waals surface area (Å²) in [6.07, 6.45) is -2.36. The zero-order chi connectivity index (χ0) is 20.0. The van der Waals surface area contributed by atoms with Crippen molar-refractivity contribution in [1.82, 2.24) is 10.6 Å². The maximum Gasteiger partial charge on any atom is 0.404 e. The second-order valence-electron chi connectivity index (χ2n) is 5.60. The van der Waals surface area contributed by atoms with E-state index in [-0.39, 0.29) is 6.54 Å².